The van der Waals surface area contributed by atoms with Crippen molar-refractivity contribution >= 4 is 0 Å². The van der Waals surface area contributed by atoms with Crippen LogP contribution in [-0.2, 0) is 6.42 Å². The minimum absolute atomic E-state index is 0.134. The van der Waals surface area contributed by atoms with Crippen LogP contribution in [0.25, 0.3) is 0 Å². The lowest BCUT2D eigenvalue weighted by Crippen LogP contribution is -2.34. The smallest absolute Gasteiger partial charge is 0.233 e. The Morgan fingerprint density at radius 3 is 2.70 bits per heavy atom. The van der Waals surface area contributed by atoms with Crippen molar-refractivity contribution in [2.75, 3.05) is 6.54 Å². The van der Waals surface area contributed by atoms with Crippen molar-refractivity contribution in [3.8, 4) is 0 Å². The molecule has 5 heteroatoms. The van der Waals surface area contributed by atoms with Crippen LogP contribution < -0.4 is 0 Å². The first-order chi connectivity index (χ1) is 9.47. The van der Waals surface area contributed by atoms with Crippen molar-refractivity contribution in [3.63, 3.8) is 0 Å². The first-order valence-corrected chi connectivity index (χ1v) is 7.73. The SMILES string of the molecule is CC(C)Cc1nnc(C(C)N2CCCC2CC(C)O)o1. The predicted molar refractivity (Wildman–Crippen MR) is 77.3 cm³/mol. The molecule has 1 N–H and O–H groups in total. The Bertz CT molecular complexity index is 417. The lowest BCUT2D eigenvalue weighted by Gasteiger charge is -2.29. The largest absolute Gasteiger partial charge is 0.424 e. The Kier molecular flexibility index (Phi) is 5.16. The first-order valence-electron chi connectivity index (χ1n) is 7.73. The highest BCUT2D eigenvalue weighted by molar-refractivity contribution is 4.94. The molecular formula is C15H27N3O2. The Morgan fingerprint density at radius 1 is 1.30 bits per heavy atom. The van der Waals surface area contributed by atoms with E-state index in [0.717, 1.165) is 31.7 Å². The van der Waals surface area contributed by atoms with Crippen LogP contribution in [0.5, 0.6) is 0 Å². The molecule has 0 radical (unpaired) electrons. The Labute approximate surface area is 121 Å². The summed E-state index contributed by atoms with van der Waals surface area (Å²) >= 11 is 0. The molecule has 3 unspecified atom stereocenters. The Balaban J connectivity index is 2.02. The second-order valence-electron chi connectivity index (χ2n) is 6.43. The third-order valence-corrected chi connectivity index (χ3v) is 3.96. The zero-order valence-corrected chi connectivity index (χ0v) is 13.0. The number of aliphatic hydroxyl groups is 1. The van der Waals surface area contributed by atoms with Crippen LogP contribution in [0, 0.1) is 5.92 Å². The van der Waals surface area contributed by atoms with Gasteiger partial charge in [0.05, 0.1) is 12.1 Å². The molecule has 1 fully saturated rings. The Morgan fingerprint density at radius 2 is 2.05 bits per heavy atom. The maximum absolute atomic E-state index is 9.61. The standard InChI is InChI=1S/C15H27N3O2/c1-10(2)8-14-16-17-15(20-14)12(4)18-7-5-6-13(18)9-11(3)19/h10-13,19H,5-9H2,1-4H3. The molecule has 3 atom stereocenters. The monoisotopic (exact) mass is 281 g/mol. The van der Waals surface area contributed by atoms with Gasteiger partial charge in [-0.25, -0.2) is 0 Å². The third kappa shape index (κ3) is 3.79. The molecule has 0 aromatic carbocycles. The van der Waals surface area contributed by atoms with Gasteiger partial charge in [0.1, 0.15) is 0 Å². The van der Waals surface area contributed by atoms with Crippen molar-refractivity contribution in [2.24, 2.45) is 5.92 Å². The zero-order valence-electron chi connectivity index (χ0n) is 13.0. The van der Waals surface area contributed by atoms with Crippen LogP contribution in [0.3, 0.4) is 0 Å². The van der Waals surface area contributed by atoms with Crippen LogP contribution in [0.15, 0.2) is 4.42 Å². The van der Waals surface area contributed by atoms with E-state index in [0.29, 0.717) is 17.9 Å². The molecule has 20 heavy (non-hydrogen) atoms. The zero-order chi connectivity index (χ0) is 14.7. The summed E-state index contributed by atoms with van der Waals surface area (Å²) in [6.07, 6.45) is 3.71. The van der Waals surface area contributed by atoms with Gasteiger partial charge in [0, 0.05) is 12.5 Å². The van der Waals surface area contributed by atoms with Gasteiger partial charge >= 0.3 is 0 Å². The second-order valence-corrected chi connectivity index (χ2v) is 6.43. The van der Waals surface area contributed by atoms with Crippen molar-refractivity contribution in [2.45, 2.75) is 71.6 Å². The lowest BCUT2D eigenvalue weighted by atomic mass is 10.1. The highest BCUT2D eigenvalue weighted by Crippen LogP contribution is 2.30. The average Bonchev–Trinajstić information content (AvgIpc) is 2.96. The topological polar surface area (TPSA) is 62.4 Å². The fourth-order valence-corrected chi connectivity index (χ4v) is 3.02. The molecular weight excluding hydrogens is 254 g/mol. The fraction of sp³-hybridized carbons (Fsp3) is 0.867. The number of nitrogens with zero attached hydrogens (tertiary/aromatic N) is 3. The van der Waals surface area contributed by atoms with E-state index in [2.05, 4.69) is 35.9 Å². The summed E-state index contributed by atoms with van der Waals surface area (Å²) in [5.74, 6) is 1.96. The second kappa shape index (κ2) is 6.68. The molecule has 1 saturated heterocycles. The molecule has 0 aliphatic carbocycles. The van der Waals surface area contributed by atoms with E-state index in [1.54, 1.807) is 0 Å². The highest BCUT2D eigenvalue weighted by atomic mass is 16.4. The maximum atomic E-state index is 9.61. The minimum atomic E-state index is -0.257. The van der Waals surface area contributed by atoms with Gasteiger partial charge in [-0.15, -0.1) is 10.2 Å². The van der Waals surface area contributed by atoms with Gasteiger partial charge in [-0.2, -0.15) is 0 Å². The number of aromatic nitrogens is 2. The van der Waals surface area contributed by atoms with Gasteiger partial charge in [-0.05, 0) is 45.6 Å². The van der Waals surface area contributed by atoms with Crippen LogP contribution in [-0.4, -0.2) is 38.9 Å². The van der Waals surface area contributed by atoms with Gasteiger partial charge < -0.3 is 9.52 Å². The third-order valence-electron chi connectivity index (χ3n) is 3.96. The molecule has 2 rings (SSSR count). The summed E-state index contributed by atoms with van der Waals surface area (Å²) in [7, 11) is 0. The molecule has 114 valence electrons. The minimum Gasteiger partial charge on any atom is -0.424 e. The van der Waals surface area contributed by atoms with Crippen LogP contribution in [0.4, 0.5) is 0 Å². The van der Waals surface area contributed by atoms with Gasteiger partial charge in [0.15, 0.2) is 0 Å². The number of hydrogen-bond acceptors (Lipinski definition) is 5. The van der Waals surface area contributed by atoms with E-state index < -0.39 is 0 Å². The van der Waals surface area contributed by atoms with E-state index in [-0.39, 0.29) is 12.1 Å². The molecule has 0 saturated carbocycles. The van der Waals surface area contributed by atoms with Crippen molar-refractivity contribution in [1.82, 2.24) is 15.1 Å². The molecule has 0 amide bonds. The number of likely N-dealkylation sites (tertiary alicyclic amines) is 1. The van der Waals surface area contributed by atoms with Crippen molar-refractivity contribution < 1.29 is 9.52 Å². The van der Waals surface area contributed by atoms with Gasteiger partial charge in [0.25, 0.3) is 0 Å². The molecule has 1 aliphatic heterocycles. The highest BCUT2D eigenvalue weighted by Gasteiger charge is 2.32. The summed E-state index contributed by atoms with van der Waals surface area (Å²) in [6.45, 7) is 9.31. The molecule has 1 aromatic rings. The van der Waals surface area contributed by atoms with E-state index in [4.69, 9.17) is 4.42 Å². The van der Waals surface area contributed by atoms with Crippen LogP contribution in [0.2, 0.25) is 0 Å². The molecule has 0 bridgehead atoms. The molecule has 2 heterocycles. The normalized spacial score (nSPS) is 23.4. The van der Waals surface area contributed by atoms with Gasteiger partial charge in [-0.1, -0.05) is 13.8 Å². The fourth-order valence-electron chi connectivity index (χ4n) is 3.02. The van der Waals surface area contributed by atoms with Gasteiger partial charge in [-0.3, -0.25) is 4.90 Å². The molecule has 0 spiro atoms. The average molecular weight is 281 g/mol. The van der Waals surface area contributed by atoms with E-state index in [9.17, 15) is 5.11 Å². The predicted octanol–water partition coefficient (Wildman–Crippen LogP) is 2.56. The molecule has 1 aromatic heterocycles. The van der Waals surface area contributed by atoms with Crippen molar-refractivity contribution in [3.05, 3.63) is 11.8 Å². The maximum Gasteiger partial charge on any atom is 0.233 e. The number of aliphatic hydroxyl groups excluding tert-OH is 1. The van der Waals surface area contributed by atoms with E-state index >= 15 is 0 Å². The van der Waals surface area contributed by atoms with Crippen LogP contribution >= 0.6 is 0 Å². The summed E-state index contributed by atoms with van der Waals surface area (Å²) < 4.78 is 5.80. The van der Waals surface area contributed by atoms with Crippen LogP contribution in [0.1, 0.15) is 64.8 Å². The summed E-state index contributed by atoms with van der Waals surface area (Å²) in [5, 5.41) is 18.0. The summed E-state index contributed by atoms with van der Waals surface area (Å²) in [6, 6.07) is 0.556. The molecule has 1 aliphatic rings. The Hall–Kier alpha value is -0.940. The number of hydrogen-bond donors (Lipinski definition) is 1. The van der Waals surface area contributed by atoms with Gasteiger partial charge in [0.2, 0.25) is 11.8 Å². The molecule has 5 nitrogen and oxygen atoms in total. The first kappa shape index (κ1) is 15.4. The van der Waals surface area contributed by atoms with Crippen molar-refractivity contribution in [1.29, 1.82) is 0 Å². The van der Waals surface area contributed by atoms with E-state index in [1.807, 2.05) is 6.92 Å². The summed E-state index contributed by atoms with van der Waals surface area (Å²) in [5.41, 5.74) is 0. The quantitative estimate of drug-likeness (QED) is 0.868. The lowest BCUT2D eigenvalue weighted by molar-refractivity contribution is 0.104. The number of rotatable bonds is 6. The van der Waals surface area contributed by atoms with E-state index in [1.165, 1.54) is 6.42 Å². The summed E-state index contributed by atoms with van der Waals surface area (Å²) in [4.78, 5) is 2.39.